The Labute approximate surface area is 70.6 Å². The number of hydrogen-bond donors (Lipinski definition) is 1. The first kappa shape index (κ1) is 7.75. The van der Waals surface area contributed by atoms with Crippen LogP contribution in [0.25, 0.3) is 0 Å². The number of alkyl halides is 1. The molecule has 1 N–H and O–H groups in total. The molecule has 2 nitrogen and oxygen atoms in total. The maximum Gasteiger partial charge on any atom is 0.345 e. The standard InChI is InChI=1S/C6H5BrO2S/c7-2-4-1-5(6(8)9)10-3-4/h1,3H,2H2,(H,8,9). The molecule has 0 radical (unpaired) electrons. The predicted molar refractivity (Wildman–Crippen MR) is 43.9 cm³/mol. The summed E-state index contributed by atoms with van der Waals surface area (Å²) in [6.45, 7) is 0. The monoisotopic (exact) mass is 220 g/mol. The molecule has 1 rings (SSSR count). The number of carboxylic acid groups (broad SMARTS) is 1. The lowest BCUT2D eigenvalue weighted by Crippen LogP contribution is -1.89. The van der Waals surface area contributed by atoms with Crippen LogP contribution in [0.5, 0.6) is 0 Å². The highest BCUT2D eigenvalue weighted by atomic mass is 79.9. The van der Waals surface area contributed by atoms with Crippen LogP contribution in [0, 0.1) is 0 Å². The summed E-state index contributed by atoms with van der Waals surface area (Å²) in [5, 5.41) is 11.0. The Morgan fingerprint density at radius 3 is 2.80 bits per heavy atom. The van der Waals surface area contributed by atoms with Crippen molar-refractivity contribution < 1.29 is 9.90 Å². The highest BCUT2D eigenvalue weighted by Gasteiger charge is 2.04. The van der Waals surface area contributed by atoms with Gasteiger partial charge in [-0.15, -0.1) is 11.3 Å². The van der Waals surface area contributed by atoms with E-state index >= 15 is 0 Å². The van der Waals surface area contributed by atoms with Crippen molar-refractivity contribution in [1.82, 2.24) is 0 Å². The van der Waals surface area contributed by atoms with Gasteiger partial charge in [0.05, 0.1) is 0 Å². The Morgan fingerprint density at radius 1 is 1.80 bits per heavy atom. The zero-order chi connectivity index (χ0) is 7.56. The van der Waals surface area contributed by atoms with Gasteiger partial charge >= 0.3 is 5.97 Å². The molecule has 0 aromatic carbocycles. The average molecular weight is 221 g/mol. The molecule has 0 aliphatic carbocycles. The molecule has 0 atom stereocenters. The lowest BCUT2D eigenvalue weighted by atomic mass is 10.3. The zero-order valence-corrected chi connectivity index (χ0v) is 7.41. The second kappa shape index (κ2) is 3.16. The van der Waals surface area contributed by atoms with E-state index in [1.54, 1.807) is 6.07 Å². The lowest BCUT2D eigenvalue weighted by Gasteiger charge is -1.82. The fraction of sp³-hybridized carbons (Fsp3) is 0.167. The quantitative estimate of drug-likeness (QED) is 0.778. The molecule has 0 saturated carbocycles. The normalized spacial score (nSPS) is 9.70. The van der Waals surface area contributed by atoms with Crippen LogP contribution in [0.2, 0.25) is 0 Å². The van der Waals surface area contributed by atoms with Crippen molar-refractivity contribution in [3.8, 4) is 0 Å². The van der Waals surface area contributed by atoms with Crippen LogP contribution in [0.15, 0.2) is 11.4 Å². The highest BCUT2D eigenvalue weighted by molar-refractivity contribution is 9.08. The Balaban J connectivity index is 2.88. The maximum atomic E-state index is 10.3. The van der Waals surface area contributed by atoms with Crippen LogP contribution in [-0.4, -0.2) is 11.1 Å². The first-order chi connectivity index (χ1) is 4.74. The topological polar surface area (TPSA) is 37.3 Å². The number of carboxylic acids is 1. The summed E-state index contributed by atoms with van der Waals surface area (Å²) in [4.78, 5) is 10.7. The Morgan fingerprint density at radius 2 is 2.50 bits per heavy atom. The van der Waals surface area contributed by atoms with Crippen LogP contribution < -0.4 is 0 Å². The minimum Gasteiger partial charge on any atom is -0.477 e. The Bertz CT molecular complexity index is 244. The molecule has 54 valence electrons. The minimum absolute atomic E-state index is 0.398. The predicted octanol–water partition coefficient (Wildman–Crippen LogP) is 2.34. The molecule has 0 bridgehead atoms. The van der Waals surface area contributed by atoms with Crippen LogP contribution in [0.3, 0.4) is 0 Å². The number of carbonyl (C=O) groups is 1. The number of halogens is 1. The summed E-state index contributed by atoms with van der Waals surface area (Å²) in [7, 11) is 0. The van der Waals surface area contributed by atoms with Crippen molar-refractivity contribution >= 4 is 33.2 Å². The zero-order valence-electron chi connectivity index (χ0n) is 5.00. The third kappa shape index (κ3) is 1.58. The molecule has 0 aliphatic heterocycles. The number of thiophene rings is 1. The van der Waals surface area contributed by atoms with Gasteiger partial charge in [0.25, 0.3) is 0 Å². The van der Waals surface area contributed by atoms with Crippen molar-refractivity contribution in [2.24, 2.45) is 0 Å². The van der Waals surface area contributed by atoms with Gasteiger partial charge in [0, 0.05) is 5.33 Å². The van der Waals surface area contributed by atoms with E-state index in [0.29, 0.717) is 4.88 Å². The maximum absolute atomic E-state index is 10.3. The van der Waals surface area contributed by atoms with E-state index in [1.807, 2.05) is 5.38 Å². The number of rotatable bonds is 2. The molecule has 0 fully saturated rings. The van der Waals surface area contributed by atoms with Crippen molar-refractivity contribution in [2.75, 3.05) is 0 Å². The van der Waals surface area contributed by atoms with Crippen molar-refractivity contribution in [1.29, 1.82) is 0 Å². The molecule has 4 heteroatoms. The van der Waals surface area contributed by atoms with Crippen molar-refractivity contribution in [3.63, 3.8) is 0 Å². The van der Waals surface area contributed by atoms with Gasteiger partial charge in [0.1, 0.15) is 4.88 Å². The number of aromatic carboxylic acids is 1. The Hall–Kier alpha value is -0.350. The van der Waals surface area contributed by atoms with E-state index < -0.39 is 5.97 Å². The summed E-state index contributed by atoms with van der Waals surface area (Å²) >= 11 is 4.49. The van der Waals surface area contributed by atoms with Gasteiger partial charge in [-0.1, -0.05) is 15.9 Å². The first-order valence-corrected chi connectivity index (χ1v) is 4.61. The van der Waals surface area contributed by atoms with E-state index in [-0.39, 0.29) is 0 Å². The van der Waals surface area contributed by atoms with Crippen LogP contribution >= 0.6 is 27.3 Å². The van der Waals surface area contributed by atoms with Crippen molar-refractivity contribution in [2.45, 2.75) is 5.33 Å². The van der Waals surface area contributed by atoms with E-state index in [9.17, 15) is 4.79 Å². The molecule has 1 aromatic heterocycles. The van der Waals surface area contributed by atoms with Crippen LogP contribution in [0.1, 0.15) is 15.2 Å². The molecular weight excluding hydrogens is 216 g/mol. The largest absolute Gasteiger partial charge is 0.477 e. The van der Waals surface area contributed by atoms with Gasteiger partial charge in [-0.3, -0.25) is 0 Å². The molecule has 0 aliphatic rings. The fourth-order valence-corrected chi connectivity index (χ4v) is 1.85. The average Bonchev–Trinajstić information content (AvgIpc) is 2.34. The smallest absolute Gasteiger partial charge is 0.345 e. The highest BCUT2D eigenvalue weighted by Crippen LogP contribution is 2.16. The van der Waals surface area contributed by atoms with E-state index in [4.69, 9.17) is 5.11 Å². The molecule has 0 saturated heterocycles. The Kier molecular flexibility index (Phi) is 2.45. The van der Waals surface area contributed by atoms with Gasteiger partial charge in [-0.05, 0) is 17.0 Å². The third-order valence-corrected chi connectivity index (χ3v) is 2.63. The van der Waals surface area contributed by atoms with Gasteiger partial charge in [-0.2, -0.15) is 0 Å². The summed E-state index contributed by atoms with van der Waals surface area (Å²) in [6, 6.07) is 1.67. The third-order valence-electron chi connectivity index (χ3n) is 1.02. The fourth-order valence-electron chi connectivity index (χ4n) is 0.558. The minimum atomic E-state index is -0.850. The second-order valence-electron chi connectivity index (χ2n) is 1.76. The molecular formula is C6H5BrO2S. The van der Waals surface area contributed by atoms with E-state index in [2.05, 4.69) is 15.9 Å². The van der Waals surface area contributed by atoms with Gasteiger partial charge in [-0.25, -0.2) is 4.79 Å². The first-order valence-electron chi connectivity index (χ1n) is 2.60. The summed E-state index contributed by atoms with van der Waals surface area (Å²) < 4.78 is 0. The number of hydrogen-bond acceptors (Lipinski definition) is 2. The van der Waals surface area contributed by atoms with Gasteiger partial charge < -0.3 is 5.11 Å². The molecule has 0 amide bonds. The van der Waals surface area contributed by atoms with Crippen molar-refractivity contribution in [3.05, 3.63) is 21.9 Å². The SMILES string of the molecule is O=C(O)c1cc(CBr)cs1. The molecule has 0 spiro atoms. The van der Waals surface area contributed by atoms with Crippen LogP contribution in [-0.2, 0) is 5.33 Å². The molecule has 0 unspecified atom stereocenters. The van der Waals surface area contributed by atoms with E-state index in [0.717, 1.165) is 10.9 Å². The summed E-state index contributed by atoms with van der Waals surface area (Å²) in [5.74, 6) is -0.850. The molecule has 10 heavy (non-hydrogen) atoms. The van der Waals surface area contributed by atoms with Gasteiger partial charge in [0.2, 0.25) is 0 Å². The lowest BCUT2D eigenvalue weighted by molar-refractivity contribution is 0.0702. The summed E-state index contributed by atoms with van der Waals surface area (Å²) in [5.41, 5.74) is 1.02. The van der Waals surface area contributed by atoms with E-state index in [1.165, 1.54) is 11.3 Å². The molecule has 1 heterocycles. The van der Waals surface area contributed by atoms with Gasteiger partial charge in [0.15, 0.2) is 0 Å². The second-order valence-corrected chi connectivity index (χ2v) is 3.23. The molecule has 1 aromatic rings. The van der Waals surface area contributed by atoms with Crippen LogP contribution in [0.4, 0.5) is 0 Å². The summed E-state index contributed by atoms with van der Waals surface area (Å²) in [6.07, 6.45) is 0.